The molecule has 1 heterocycles. The van der Waals surface area contributed by atoms with Crippen LogP contribution in [0.15, 0.2) is 53.3 Å². The van der Waals surface area contributed by atoms with Crippen LogP contribution < -0.4 is 16.2 Å². The number of aryl methyl sites for hydroxylation is 2. The lowest BCUT2D eigenvalue weighted by Gasteiger charge is -2.14. The van der Waals surface area contributed by atoms with Crippen molar-refractivity contribution < 1.29 is 14.0 Å². The largest absolute Gasteiger partial charge is 0.348 e. The molecule has 0 aliphatic heterocycles. The highest BCUT2D eigenvalue weighted by molar-refractivity contribution is 6.31. The van der Waals surface area contributed by atoms with Gasteiger partial charge < -0.3 is 15.2 Å². The van der Waals surface area contributed by atoms with E-state index in [1.54, 1.807) is 38.1 Å². The molecule has 1 aromatic heterocycles. The van der Waals surface area contributed by atoms with E-state index in [0.717, 1.165) is 6.07 Å². The van der Waals surface area contributed by atoms with E-state index in [4.69, 9.17) is 11.6 Å². The molecule has 0 saturated heterocycles. The lowest BCUT2D eigenvalue weighted by atomic mass is 10.1. The first kappa shape index (κ1) is 23.7. The fraction of sp³-hybridized carbons (Fsp3) is 0.167. The van der Waals surface area contributed by atoms with Crippen LogP contribution in [0.1, 0.15) is 32.7 Å². The van der Waals surface area contributed by atoms with Gasteiger partial charge >= 0.3 is 0 Å². The van der Waals surface area contributed by atoms with Crippen LogP contribution in [0.5, 0.6) is 0 Å². The number of nitrogens with one attached hydrogen (secondary N) is 2. The van der Waals surface area contributed by atoms with Crippen molar-refractivity contribution in [1.29, 1.82) is 5.26 Å². The number of hydrogen-bond donors (Lipinski definition) is 2. The molecular formula is C24H20ClFN4O3. The third kappa shape index (κ3) is 5.45. The fourth-order valence-electron chi connectivity index (χ4n) is 3.32. The van der Waals surface area contributed by atoms with Gasteiger partial charge in [0.15, 0.2) is 0 Å². The molecule has 0 aliphatic carbocycles. The summed E-state index contributed by atoms with van der Waals surface area (Å²) in [6.07, 6.45) is 0. The Balaban J connectivity index is 1.76. The zero-order chi connectivity index (χ0) is 24.1. The topological polar surface area (TPSA) is 104 Å². The summed E-state index contributed by atoms with van der Waals surface area (Å²) in [6.45, 7) is 3.08. The Morgan fingerprint density at radius 1 is 1.15 bits per heavy atom. The number of rotatable bonds is 6. The number of amides is 2. The van der Waals surface area contributed by atoms with Crippen LogP contribution in [0.25, 0.3) is 0 Å². The van der Waals surface area contributed by atoms with E-state index in [-0.39, 0.29) is 34.9 Å². The Morgan fingerprint density at radius 2 is 1.88 bits per heavy atom. The van der Waals surface area contributed by atoms with Crippen molar-refractivity contribution in [2.45, 2.75) is 26.9 Å². The Bertz CT molecular complexity index is 1340. The molecule has 33 heavy (non-hydrogen) atoms. The van der Waals surface area contributed by atoms with Crippen LogP contribution in [0.4, 0.5) is 10.1 Å². The van der Waals surface area contributed by atoms with Gasteiger partial charge in [-0.15, -0.1) is 0 Å². The summed E-state index contributed by atoms with van der Waals surface area (Å²) in [7, 11) is 0. The zero-order valence-electron chi connectivity index (χ0n) is 17.9. The molecule has 2 aromatic carbocycles. The molecule has 9 heteroatoms. The second-order valence-corrected chi connectivity index (χ2v) is 7.77. The van der Waals surface area contributed by atoms with Crippen LogP contribution >= 0.6 is 11.6 Å². The van der Waals surface area contributed by atoms with Crippen molar-refractivity contribution >= 4 is 29.1 Å². The number of nitriles is 1. The van der Waals surface area contributed by atoms with Crippen molar-refractivity contribution in [2.24, 2.45) is 0 Å². The molecule has 0 unspecified atom stereocenters. The van der Waals surface area contributed by atoms with Crippen molar-refractivity contribution in [2.75, 3.05) is 5.32 Å². The standard InChI is InChI=1S/C24H20ClFN4O3/c1-14-9-15(2)30(24(33)19(14)11-27)13-22(31)29-21-6-4-3-5-18(21)23(32)28-12-16-7-8-17(26)10-20(16)25/h3-10H,12-13H2,1-2H3,(H,28,32)(H,29,31). The Labute approximate surface area is 194 Å². The van der Waals surface area contributed by atoms with E-state index in [1.165, 1.54) is 22.8 Å². The molecule has 2 amide bonds. The Hall–Kier alpha value is -3.96. The van der Waals surface area contributed by atoms with Gasteiger partial charge in [0.25, 0.3) is 11.5 Å². The first-order valence-electron chi connectivity index (χ1n) is 9.93. The van der Waals surface area contributed by atoms with Gasteiger partial charge in [0, 0.05) is 17.3 Å². The minimum absolute atomic E-state index is 0.0207. The molecule has 3 aromatic rings. The minimum atomic E-state index is -0.549. The quantitative estimate of drug-likeness (QED) is 0.578. The van der Waals surface area contributed by atoms with Crippen LogP contribution in [-0.2, 0) is 17.9 Å². The van der Waals surface area contributed by atoms with E-state index in [2.05, 4.69) is 10.6 Å². The molecule has 0 atom stereocenters. The van der Waals surface area contributed by atoms with Crippen LogP contribution in [0, 0.1) is 31.0 Å². The number of carbonyl (C=O) groups excluding carboxylic acids is 2. The highest BCUT2D eigenvalue weighted by Crippen LogP contribution is 2.19. The van der Waals surface area contributed by atoms with Crippen LogP contribution in [0.2, 0.25) is 5.02 Å². The highest BCUT2D eigenvalue weighted by Gasteiger charge is 2.16. The van der Waals surface area contributed by atoms with Gasteiger partial charge in [0.1, 0.15) is 24.0 Å². The molecule has 0 bridgehead atoms. The smallest absolute Gasteiger partial charge is 0.269 e. The summed E-state index contributed by atoms with van der Waals surface area (Å²) in [6, 6.07) is 13.8. The molecule has 3 rings (SSSR count). The number of nitrogens with zero attached hydrogens (tertiary/aromatic N) is 2. The number of benzene rings is 2. The van der Waals surface area contributed by atoms with Crippen molar-refractivity contribution in [3.63, 3.8) is 0 Å². The summed E-state index contributed by atoms with van der Waals surface area (Å²) < 4.78 is 14.4. The summed E-state index contributed by atoms with van der Waals surface area (Å²) in [5.41, 5.74) is 1.50. The van der Waals surface area contributed by atoms with E-state index in [9.17, 15) is 24.0 Å². The molecule has 0 aliphatic rings. The SMILES string of the molecule is Cc1cc(C)n(CC(=O)Nc2ccccc2C(=O)NCc2ccc(F)cc2Cl)c(=O)c1C#N. The van der Waals surface area contributed by atoms with Gasteiger partial charge in [-0.1, -0.05) is 29.8 Å². The van der Waals surface area contributed by atoms with Crippen molar-refractivity contribution in [1.82, 2.24) is 9.88 Å². The highest BCUT2D eigenvalue weighted by atomic mass is 35.5. The van der Waals surface area contributed by atoms with E-state index < -0.39 is 23.2 Å². The number of para-hydroxylation sites is 1. The van der Waals surface area contributed by atoms with Crippen molar-refractivity contribution in [3.05, 3.63) is 97.7 Å². The molecule has 0 saturated carbocycles. The molecular weight excluding hydrogens is 447 g/mol. The number of hydrogen-bond acceptors (Lipinski definition) is 4. The van der Waals surface area contributed by atoms with E-state index in [0.29, 0.717) is 16.8 Å². The summed E-state index contributed by atoms with van der Waals surface area (Å²) in [5, 5.41) is 14.7. The molecule has 7 nitrogen and oxygen atoms in total. The van der Waals surface area contributed by atoms with Gasteiger partial charge in [-0.05, 0) is 55.3 Å². The van der Waals surface area contributed by atoms with Gasteiger partial charge in [0.2, 0.25) is 5.91 Å². The number of anilines is 1. The van der Waals surface area contributed by atoms with Crippen molar-refractivity contribution in [3.8, 4) is 6.07 Å². The van der Waals surface area contributed by atoms with Gasteiger partial charge in [-0.2, -0.15) is 5.26 Å². The third-order valence-corrected chi connectivity index (χ3v) is 5.37. The maximum absolute atomic E-state index is 13.2. The number of carbonyl (C=O) groups is 2. The molecule has 0 fully saturated rings. The second-order valence-electron chi connectivity index (χ2n) is 7.36. The molecule has 0 spiro atoms. The first-order valence-corrected chi connectivity index (χ1v) is 10.3. The van der Waals surface area contributed by atoms with Crippen LogP contribution in [0.3, 0.4) is 0 Å². The molecule has 2 N–H and O–H groups in total. The van der Waals surface area contributed by atoms with E-state index in [1.807, 2.05) is 6.07 Å². The predicted octanol–water partition coefficient (Wildman–Crippen LogP) is 3.70. The maximum Gasteiger partial charge on any atom is 0.269 e. The Kier molecular flexibility index (Phi) is 7.26. The average molecular weight is 467 g/mol. The number of pyridine rings is 1. The van der Waals surface area contributed by atoms with Gasteiger partial charge in [0.05, 0.1) is 11.3 Å². The fourth-order valence-corrected chi connectivity index (χ4v) is 3.55. The zero-order valence-corrected chi connectivity index (χ0v) is 18.7. The monoisotopic (exact) mass is 466 g/mol. The first-order chi connectivity index (χ1) is 15.7. The number of aromatic nitrogens is 1. The number of halogens is 2. The minimum Gasteiger partial charge on any atom is -0.348 e. The maximum atomic E-state index is 13.2. The summed E-state index contributed by atoms with van der Waals surface area (Å²) >= 11 is 6.00. The summed E-state index contributed by atoms with van der Waals surface area (Å²) in [5.74, 6) is -1.48. The molecule has 168 valence electrons. The molecule has 0 radical (unpaired) electrons. The lowest BCUT2D eigenvalue weighted by molar-refractivity contribution is -0.116. The van der Waals surface area contributed by atoms with Gasteiger partial charge in [-0.25, -0.2) is 4.39 Å². The third-order valence-electron chi connectivity index (χ3n) is 5.02. The Morgan fingerprint density at radius 3 is 2.58 bits per heavy atom. The van der Waals surface area contributed by atoms with E-state index >= 15 is 0 Å². The average Bonchev–Trinajstić information content (AvgIpc) is 2.76. The van der Waals surface area contributed by atoms with Gasteiger partial charge in [-0.3, -0.25) is 14.4 Å². The second kappa shape index (κ2) is 10.1. The summed E-state index contributed by atoms with van der Waals surface area (Å²) in [4.78, 5) is 37.9. The lowest BCUT2D eigenvalue weighted by Crippen LogP contribution is -2.32. The predicted molar refractivity (Wildman–Crippen MR) is 123 cm³/mol. The van der Waals surface area contributed by atoms with Crippen LogP contribution in [-0.4, -0.2) is 16.4 Å². The normalized spacial score (nSPS) is 10.4.